The average molecular weight is 531 g/mol. The van der Waals surface area contributed by atoms with E-state index in [4.69, 9.17) is 0 Å². The van der Waals surface area contributed by atoms with Crippen LogP contribution in [0.2, 0.25) is 0 Å². The van der Waals surface area contributed by atoms with Crippen molar-refractivity contribution in [3.63, 3.8) is 0 Å². The first-order valence-corrected chi connectivity index (χ1v) is 13.8. The van der Waals surface area contributed by atoms with Crippen LogP contribution < -0.4 is 4.90 Å². The van der Waals surface area contributed by atoms with Crippen molar-refractivity contribution in [2.45, 2.75) is 58.5 Å². The third-order valence-electron chi connectivity index (χ3n) is 7.90. The van der Waals surface area contributed by atoms with E-state index >= 15 is 0 Å². The molecule has 2 aliphatic heterocycles. The first-order chi connectivity index (χ1) is 17.9. The number of pyridine rings is 1. The van der Waals surface area contributed by atoms with Gasteiger partial charge in [-0.25, -0.2) is 0 Å². The summed E-state index contributed by atoms with van der Waals surface area (Å²) in [6, 6.07) is 10.1. The van der Waals surface area contributed by atoms with Crippen molar-refractivity contribution in [3.8, 4) is 0 Å². The lowest BCUT2D eigenvalue weighted by atomic mass is 9.87. The molecule has 4 rings (SSSR count). The van der Waals surface area contributed by atoms with Crippen LogP contribution in [0.5, 0.6) is 0 Å². The second kappa shape index (κ2) is 11.6. The molecule has 0 N–H and O–H groups in total. The summed E-state index contributed by atoms with van der Waals surface area (Å²) in [5.41, 5.74) is 2.59. The molecule has 38 heavy (non-hydrogen) atoms. The Balaban J connectivity index is 1.25. The van der Waals surface area contributed by atoms with Gasteiger partial charge in [-0.1, -0.05) is 39.8 Å². The highest BCUT2D eigenvalue weighted by Gasteiger charge is 2.32. The van der Waals surface area contributed by atoms with Gasteiger partial charge in [-0.05, 0) is 59.9 Å². The zero-order valence-electron chi connectivity index (χ0n) is 23.1. The maximum absolute atomic E-state index is 13.3. The van der Waals surface area contributed by atoms with Gasteiger partial charge in [0, 0.05) is 69.8 Å². The molecule has 1 aromatic heterocycles. The Bertz CT molecular complexity index is 1070. The molecular weight excluding hydrogens is 489 g/mol. The van der Waals surface area contributed by atoms with Gasteiger partial charge in [-0.3, -0.25) is 14.7 Å². The third kappa shape index (κ3) is 7.28. The number of halogens is 3. The van der Waals surface area contributed by atoms with E-state index in [1.807, 2.05) is 11.8 Å². The summed E-state index contributed by atoms with van der Waals surface area (Å²) in [7, 11) is 0. The molecule has 0 aliphatic carbocycles. The summed E-state index contributed by atoms with van der Waals surface area (Å²) >= 11 is 0. The lowest BCUT2D eigenvalue weighted by Gasteiger charge is -2.39. The molecule has 1 amide bonds. The molecule has 0 radical (unpaired) electrons. The SMILES string of the molecule is CC(CN1CCN(c2ccc(C(C)(C)C)cc2)CC1)C(=O)N1CCC[C@H](Cc2cncc(C(F)(F)F)c2)C1. The van der Waals surface area contributed by atoms with E-state index in [1.165, 1.54) is 23.5 Å². The fraction of sp³-hybridized carbons (Fsp3) is 0.600. The summed E-state index contributed by atoms with van der Waals surface area (Å²) < 4.78 is 39.2. The number of hydrogen-bond donors (Lipinski definition) is 0. The minimum atomic E-state index is -4.39. The number of nitrogens with zero attached hydrogens (tertiary/aromatic N) is 4. The molecule has 0 spiro atoms. The van der Waals surface area contributed by atoms with Gasteiger partial charge in [0.15, 0.2) is 0 Å². The maximum atomic E-state index is 13.3. The van der Waals surface area contributed by atoms with Crippen LogP contribution in [0.3, 0.4) is 0 Å². The molecule has 1 aromatic carbocycles. The van der Waals surface area contributed by atoms with Crippen molar-refractivity contribution in [1.29, 1.82) is 0 Å². The number of carbonyl (C=O) groups excluding carboxylic acids is 1. The van der Waals surface area contributed by atoms with E-state index < -0.39 is 11.7 Å². The van der Waals surface area contributed by atoms with Gasteiger partial charge in [0.2, 0.25) is 5.91 Å². The van der Waals surface area contributed by atoms with Crippen molar-refractivity contribution in [1.82, 2.24) is 14.8 Å². The molecule has 2 atom stereocenters. The number of piperazine rings is 1. The molecule has 208 valence electrons. The highest BCUT2D eigenvalue weighted by Crippen LogP contribution is 2.30. The van der Waals surface area contributed by atoms with Gasteiger partial charge < -0.3 is 9.80 Å². The number of benzene rings is 1. The van der Waals surface area contributed by atoms with Crippen LogP contribution >= 0.6 is 0 Å². The molecule has 2 fully saturated rings. The van der Waals surface area contributed by atoms with Crippen molar-refractivity contribution in [3.05, 3.63) is 59.4 Å². The predicted molar refractivity (Wildman–Crippen MR) is 145 cm³/mol. The second-order valence-corrected chi connectivity index (χ2v) is 12.1. The standard InChI is InChI=1S/C30H41F3N4O/c1-22(20-35-12-14-36(15-13-35)27-9-7-25(8-10-27)29(2,3)4)28(38)37-11-5-6-23(21-37)16-24-17-26(19-34-18-24)30(31,32)33/h7-10,17-19,22-23H,5-6,11-16,20-21H2,1-4H3/t22?,23-/m1/s1. The normalized spacial score (nSPS) is 20.4. The van der Waals surface area contributed by atoms with Crippen LogP contribution in [0.15, 0.2) is 42.7 Å². The van der Waals surface area contributed by atoms with Crippen LogP contribution in [-0.4, -0.2) is 66.5 Å². The summed E-state index contributed by atoms with van der Waals surface area (Å²) in [5, 5.41) is 0. The fourth-order valence-corrected chi connectivity index (χ4v) is 5.66. The fourth-order valence-electron chi connectivity index (χ4n) is 5.66. The Kier molecular flexibility index (Phi) is 8.70. The Hall–Kier alpha value is -2.61. The molecule has 0 saturated carbocycles. The van der Waals surface area contributed by atoms with E-state index in [0.717, 1.165) is 58.3 Å². The van der Waals surface area contributed by atoms with E-state index in [-0.39, 0.29) is 23.2 Å². The monoisotopic (exact) mass is 530 g/mol. The van der Waals surface area contributed by atoms with Gasteiger partial charge >= 0.3 is 6.18 Å². The molecule has 5 nitrogen and oxygen atoms in total. The van der Waals surface area contributed by atoms with Gasteiger partial charge in [0.25, 0.3) is 0 Å². The number of likely N-dealkylation sites (tertiary alicyclic amines) is 1. The minimum Gasteiger partial charge on any atom is -0.369 e. The van der Waals surface area contributed by atoms with Crippen LogP contribution in [0, 0.1) is 11.8 Å². The molecule has 2 saturated heterocycles. The van der Waals surface area contributed by atoms with Crippen molar-refractivity contribution in [2.75, 3.05) is 50.7 Å². The van der Waals surface area contributed by atoms with Crippen LogP contribution in [0.25, 0.3) is 0 Å². The van der Waals surface area contributed by atoms with Gasteiger partial charge in [0.05, 0.1) is 5.56 Å². The zero-order chi connectivity index (χ0) is 27.5. The number of amides is 1. The first-order valence-electron chi connectivity index (χ1n) is 13.8. The average Bonchev–Trinajstić information content (AvgIpc) is 2.88. The van der Waals surface area contributed by atoms with E-state index in [9.17, 15) is 18.0 Å². The Morgan fingerprint density at radius 3 is 2.32 bits per heavy atom. The molecule has 3 heterocycles. The lowest BCUT2D eigenvalue weighted by Crippen LogP contribution is -2.50. The Morgan fingerprint density at radius 2 is 1.68 bits per heavy atom. The lowest BCUT2D eigenvalue weighted by molar-refractivity contribution is -0.138. The number of anilines is 1. The van der Waals surface area contributed by atoms with E-state index in [1.54, 1.807) is 0 Å². The Morgan fingerprint density at radius 1 is 1.00 bits per heavy atom. The highest BCUT2D eigenvalue weighted by atomic mass is 19.4. The number of piperidine rings is 1. The van der Waals surface area contributed by atoms with Crippen LogP contribution in [0.4, 0.5) is 18.9 Å². The summed E-state index contributed by atoms with van der Waals surface area (Å²) in [6.07, 6.45) is 0.278. The van der Waals surface area contributed by atoms with Crippen LogP contribution in [-0.2, 0) is 22.8 Å². The zero-order valence-corrected chi connectivity index (χ0v) is 23.1. The maximum Gasteiger partial charge on any atom is 0.417 e. The summed E-state index contributed by atoms with van der Waals surface area (Å²) in [5.74, 6) is 0.192. The molecule has 2 aliphatic rings. The third-order valence-corrected chi connectivity index (χ3v) is 7.90. The topological polar surface area (TPSA) is 39.7 Å². The first kappa shape index (κ1) is 28.4. The number of carbonyl (C=O) groups is 1. The Labute approximate surface area is 225 Å². The highest BCUT2D eigenvalue weighted by molar-refractivity contribution is 5.78. The minimum absolute atomic E-state index is 0.110. The van der Waals surface area contributed by atoms with E-state index in [0.29, 0.717) is 18.5 Å². The van der Waals surface area contributed by atoms with Gasteiger partial charge in [0.1, 0.15) is 0 Å². The molecule has 0 bridgehead atoms. The van der Waals surface area contributed by atoms with Crippen molar-refractivity contribution >= 4 is 11.6 Å². The largest absolute Gasteiger partial charge is 0.417 e. The number of hydrogen-bond acceptors (Lipinski definition) is 4. The number of alkyl halides is 3. The molecule has 1 unspecified atom stereocenters. The molecule has 2 aromatic rings. The number of aromatic nitrogens is 1. The smallest absolute Gasteiger partial charge is 0.369 e. The number of rotatable bonds is 6. The van der Waals surface area contributed by atoms with E-state index in [2.05, 4.69) is 59.8 Å². The second-order valence-electron chi connectivity index (χ2n) is 12.1. The van der Waals surface area contributed by atoms with Gasteiger partial charge in [-0.2, -0.15) is 13.2 Å². The van der Waals surface area contributed by atoms with Crippen LogP contribution in [0.1, 0.15) is 57.2 Å². The van der Waals surface area contributed by atoms with Crippen molar-refractivity contribution in [2.24, 2.45) is 11.8 Å². The quantitative estimate of drug-likeness (QED) is 0.485. The summed E-state index contributed by atoms with van der Waals surface area (Å²) in [4.78, 5) is 23.8. The molecular formula is C30H41F3N4O. The molecule has 8 heteroatoms. The predicted octanol–water partition coefficient (Wildman–Crippen LogP) is 5.64. The summed E-state index contributed by atoms with van der Waals surface area (Å²) in [6.45, 7) is 14.4. The van der Waals surface area contributed by atoms with Crippen molar-refractivity contribution < 1.29 is 18.0 Å². The van der Waals surface area contributed by atoms with Gasteiger partial charge in [-0.15, -0.1) is 0 Å².